The van der Waals surface area contributed by atoms with E-state index in [1.54, 1.807) is 0 Å². The Morgan fingerprint density at radius 3 is 2.78 bits per heavy atom. The maximum absolute atomic E-state index is 9.78. The third-order valence-corrected chi connectivity index (χ3v) is 7.95. The van der Waals surface area contributed by atoms with Gasteiger partial charge in [-0.2, -0.15) is 0 Å². The number of rotatable bonds is 9. The molecule has 0 aliphatic carbocycles. The number of halogens is 1. The van der Waals surface area contributed by atoms with Crippen LogP contribution in [-0.2, 0) is 11.2 Å². The summed E-state index contributed by atoms with van der Waals surface area (Å²) in [6.07, 6.45) is 6.94. The van der Waals surface area contributed by atoms with Gasteiger partial charge in [0.2, 0.25) is 0 Å². The van der Waals surface area contributed by atoms with Gasteiger partial charge in [-0.25, -0.2) is 0 Å². The molecule has 2 atom stereocenters. The molecule has 4 aliphatic heterocycles. The van der Waals surface area contributed by atoms with E-state index in [0.29, 0.717) is 17.7 Å². The van der Waals surface area contributed by atoms with Crippen molar-refractivity contribution in [2.24, 2.45) is 0 Å². The molecule has 5 rings (SSSR count). The molecular formula is C27H40ClN5O3. The van der Waals surface area contributed by atoms with Crippen molar-refractivity contribution >= 4 is 17.3 Å². The Morgan fingerprint density at radius 2 is 2.03 bits per heavy atom. The van der Waals surface area contributed by atoms with Crippen molar-refractivity contribution in [2.75, 3.05) is 64.4 Å². The fourth-order valence-corrected chi connectivity index (χ4v) is 5.90. The molecule has 0 radical (unpaired) electrons. The molecule has 3 N–H and O–H groups in total. The molecule has 0 bridgehead atoms. The van der Waals surface area contributed by atoms with Crippen LogP contribution in [0.4, 0.5) is 5.69 Å². The maximum Gasteiger partial charge on any atom is 0.161 e. The van der Waals surface area contributed by atoms with Crippen molar-refractivity contribution in [1.29, 1.82) is 0 Å². The van der Waals surface area contributed by atoms with Crippen LogP contribution < -0.4 is 15.4 Å². The van der Waals surface area contributed by atoms with Crippen molar-refractivity contribution in [1.82, 2.24) is 20.0 Å². The minimum atomic E-state index is -0.351. The molecule has 9 heteroatoms. The largest absolute Gasteiger partial charge is 0.485 e. The summed E-state index contributed by atoms with van der Waals surface area (Å²) in [5, 5.41) is 17.6. The summed E-state index contributed by atoms with van der Waals surface area (Å²) in [6.45, 7) is 11.9. The van der Waals surface area contributed by atoms with E-state index in [1.165, 1.54) is 16.8 Å². The SMILES string of the molecule is CCCN(CCCc1cc(Cl)c2c(c1)NC1NC=CC(N3CCOCC3)=C1CO2)C1CN(C(C)O)C1. The average Bonchev–Trinajstić information content (AvgIpc) is 3.03. The average molecular weight is 518 g/mol. The second kappa shape index (κ2) is 11.6. The lowest BCUT2D eigenvalue weighted by Gasteiger charge is -2.46. The molecule has 36 heavy (non-hydrogen) atoms. The van der Waals surface area contributed by atoms with Gasteiger partial charge in [-0.05, 0) is 63.0 Å². The maximum atomic E-state index is 9.78. The topological polar surface area (TPSA) is 72.5 Å². The predicted molar refractivity (Wildman–Crippen MR) is 143 cm³/mol. The Kier molecular flexibility index (Phi) is 8.28. The third kappa shape index (κ3) is 5.63. The predicted octanol–water partition coefficient (Wildman–Crippen LogP) is 2.84. The Morgan fingerprint density at radius 1 is 1.22 bits per heavy atom. The number of nitrogens with zero attached hydrogens (tertiary/aromatic N) is 3. The molecule has 0 spiro atoms. The second-order valence-corrected chi connectivity index (χ2v) is 10.6. The van der Waals surface area contributed by atoms with Crippen molar-refractivity contribution in [2.45, 2.75) is 51.5 Å². The number of hydrogen-bond donors (Lipinski definition) is 3. The number of hydrogen-bond acceptors (Lipinski definition) is 8. The quantitative estimate of drug-likeness (QED) is 0.462. The molecular weight excluding hydrogens is 478 g/mol. The van der Waals surface area contributed by atoms with Gasteiger partial charge in [-0.15, -0.1) is 0 Å². The lowest BCUT2D eigenvalue weighted by atomic mass is 10.0. The van der Waals surface area contributed by atoms with E-state index in [1.807, 2.05) is 13.1 Å². The van der Waals surface area contributed by atoms with Crippen LogP contribution in [0.2, 0.25) is 5.02 Å². The zero-order valence-electron chi connectivity index (χ0n) is 21.5. The van der Waals surface area contributed by atoms with Crippen LogP contribution >= 0.6 is 11.6 Å². The van der Waals surface area contributed by atoms with Gasteiger partial charge >= 0.3 is 0 Å². The first-order chi connectivity index (χ1) is 17.5. The summed E-state index contributed by atoms with van der Waals surface area (Å²) in [6, 6.07) is 4.80. The van der Waals surface area contributed by atoms with E-state index in [9.17, 15) is 5.11 Å². The first-order valence-electron chi connectivity index (χ1n) is 13.4. The second-order valence-electron chi connectivity index (χ2n) is 10.2. The zero-order valence-corrected chi connectivity index (χ0v) is 22.3. The molecule has 8 nitrogen and oxygen atoms in total. The summed E-state index contributed by atoms with van der Waals surface area (Å²) in [5.74, 6) is 0.728. The smallest absolute Gasteiger partial charge is 0.161 e. The summed E-state index contributed by atoms with van der Waals surface area (Å²) in [5.41, 5.74) is 4.56. The van der Waals surface area contributed by atoms with E-state index in [-0.39, 0.29) is 12.4 Å². The van der Waals surface area contributed by atoms with Gasteiger partial charge in [0.15, 0.2) is 5.75 Å². The lowest BCUT2D eigenvalue weighted by molar-refractivity contribution is -0.0710. The molecule has 2 fully saturated rings. The number of morpholine rings is 1. The zero-order chi connectivity index (χ0) is 25.1. The van der Waals surface area contributed by atoms with Crippen molar-refractivity contribution in [3.63, 3.8) is 0 Å². The van der Waals surface area contributed by atoms with E-state index >= 15 is 0 Å². The molecule has 4 aliphatic rings. The fraction of sp³-hybridized carbons (Fsp3) is 0.630. The molecule has 0 amide bonds. The van der Waals surface area contributed by atoms with Gasteiger partial charge in [0.05, 0.1) is 23.9 Å². The molecule has 1 aromatic carbocycles. The van der Waals surface area contributed by atoms with Crippen molar-refractivity contribution in [3.05, 3.63) is 46.3 Å². The van der Waals surface area contributed by atoms with E-state index < -0.39 is 0 Å². The number of benzene rings is 1. The Hall–Kier alpha value is -1.97. The van der Waals surface area contributed by atoms with Gasteiger partial charge in [0.25, 0.3) is 0 Å². The normalized spacial score (nSPS) is 23.2. The van der Waals surface area contributed by atoms with Gasteiger partial charge in [0, 0.05) is 49.7 Å². The number of aryl methyl sites for hydroxylation is 1. The number of aliphatic hydroxyl groups excluding tert-OH is 1. The monoisotopic (exact) mass is 517 g/mol. The highest BCUT2D eigenvalue weighted by molar-refractivity contribution is 6.32. The van der Waals surface area contributed by atoms with Crippen LogP contribution in [0.25, 0.3) is 0 Å². The van der Waals surface area contributed by atoms with Crippen molar-refractivity contribution in [3.8, 4) is 5.75 Å². The summed E-state index contributed by atoms with van der Waals surface area (Å²) >= 11 is 6.74. The highest BCUT2D eigenvalue weighted by atomic mass is 35.5. The summed E-state index contributed by atoms with van der Waals surface area (Å²) in [4.78, 5) is 7.07. The lowest BCUT2D eigenvalue weighted by Crippen LogP contribution is -2.61. The number of anilines is 1. The Bertz CT molecular complexity index is 972. The Balaban J connectivity index is 1.24. The van der Waals surface area contributed by atoms with Crippen LogP contribution in [-0.4, -0.2) is 97.3 Å². The van der Waals surface area contributed by atoms with Gasteiger partial charge < -0.3 is 30.1 Å². The number of fused-ring (bicyclic) bond motifs is 2. The van der Waals surface area contributed by atoms with Gasteiger partial charge in [0.1, 0.15) is 19.0 Å². The highest BCUT2D eigenvalue weighted by Gasteiger charge is 2.33. The Labute approximate surface area is 219 Å². The van der Waals surface area contributed by atoms with E-state index in [4.69, 9.17) is 21.1 Å². The van der Waals surface area contributed by atoms with Crippen LogP contribution in [0.15, 0.2) is 35.7 Å². The summed E-state index contributed by atoms with van der Waals surface area (Å²) < 4.78 is 11.8. The fourth-order valence-electron chi connectivity index (χ4n) is 5.61. The van der Waals surface area contributed by atoms with Gasteiger partial charge in [-0.3, -0.25) is 9.80 Å². The molecule has 1 aromatic rings. The molecule has 2 saturated heterocycles. The van der Waals surface area contributed by atoms with Crippen LogP contribution in [0.1, 0.15) is 32.3 Å². The number of dihydropyridines is 1. The number of ether oxygens (including phenoxy) is 2. The van der Waals surface area contributed by atoms with E-state index in [0.717, 1.165) is 83.2 Å². The highest BCUT2D eigenvalue weighted by Crippen LogP contribution is 2.39. The number of allylic oxidation sites excluding steroid dienone is 1. The van der Waals surface area contributed by atoms with Crippen LogP contribution in [0.5, 0.6) is 5.75 Å². The number of likely N-dealkylation sites (tertiary alicyclic amines) is 1. The summed E-state index contributed by atoms with van der Waals surface area (Å²) in [7, 11) is 0. The molecule has 0 saturated carbocycles. The number of nitrogens with one attached hydrogen (secondary N) is 2. The van der Waals surface area contributed by atoms with Crippen molar-refractivity contribution < 1.29 is 14.6 Å². The van der Waals surface area contributed by atoms with Crippen LogP contribution in [0.3, 0.4) is 0 Å². The minimum absolute atomic E-state index is 0.0315. The molecule has 4 heterocycles. The van der Waals surface area contributed by atoms with Gasteiger partial charge in [-0.1, -0.05) is 18.5 Å². The molecule has 0 aromatic heterocycles. The van der Waals surface area contributed by atoms with Crippen LogP contribution in [0, 0.1) is 0 Å². The minimum Gasteiger partial charge on any atom is -0.485 e. The molecule has 198 valence electrons. The standard InChI is InChI=1S/C27H40ClN5O3/c1-3-8-31(21-16-33(17-21)19(2)34)9-4-5-20-14-23(28)26-24(15-20)30-27-22(18-36-26)25(6-7-29-27)32-10-12-35-13-11-32/h6-7,14-15,19,21,27,29-30,34H,3-5,8-13,16-18H2,1-2H3. The first-order valence-corrected chi connectivity index (χ1v) is 13.8. The van der Waals surface area contributed by atoms with E-state index in [2.05, 4.69) is 50.5 Å². The third-order valence-electron chi connectivity index (χ3n) is 7.67. The number of aliphatic hydroxyl groups is 1. The molecule has 2 unspecified atom stereocenters. The first kappa shape index (κ1) is 25.7.